The first kappa shape index (κ1) is 26.5. The summed E-state index contributed by atoms with van der Waals surface area (Å²) >= 11 is 0. The van der Waals surface area contributed by atoms with Crippen molar-refractivity contribution >= 4 is 17.7 Å². The minimum absolute atomic E-state index is 0.0186. The molecule has 0 aliphatic carbocycles. The number of likely N-dealkylation sites (tertiary alicyclic amines) is 1. The predicted molar refractivity (Wildman–Crippen MR) is 131 cm³/mol. The number of ether oxygens (including phenoxy) is 2. The maximum atomic E-state index is 14.2. The highest BCUT2D eigenvalue weighted by Crippen LogP contribution is 2.39. The summed E-state index contributed by atoms with van der Waals surface area (Å²) in [4.78, 5) is 42.8. The minimum atomic E-state index is -1.10. The van der Waals surface area contributed by atoms with Crippen LogP contribution < -0.4 is 10.1 Å². The third kappa shape index (κ3) is 5.29. The van der Waals surface area contributed by atoms with Crippen LogP contribution in [-0.4, -0.2) is 72.1 Å². The average Bonchev–Trinajstić information content (AvgIpc) is 3.26. The quantitative estimate of drug-likeness (QED) is 0.638. The molecule has 0 bridgehead atoms. The normalized spacial score (nSPS) is 19.5. The highest BCUT2D eigenvalue weighted by atomic mass is 19.1. The molecule has 0 radical (unpaired) electrons. The second-order valence-corrected chi connectivity index (χ2v) is 9.41. The van der Waals surface area contributed by atoms with Crippen LogP contribution in [0.5, 0.6) is 5.75 Å². The Kier molecular flexibility index (Phi) is 7.77. The van der Waals surface area contributed by atoms with Crippen LogP contribution in [0.4, 0.5) is 8.78 Å². The largest absolute Gasteiger partial charge is 0.497 e. The Labute approximate surface area is 214 Å². The third-order valence-electron chi connectivity index (χ3n) is 7.11. The predicted octanol–water partition coefficient (Wildman–Crippen LogP) is 3.36. The second-order valence-electron chi connectivity index (χ2n) is 9.41. The van der Waals surface area contributed by atoms with Gasteiger partial charge >= 0.3 is 0 Å². The van der Waals surface area contributed by atoms with Gasteiger partial charge in [-0.05, 0) is 49.7 Å². The number of hydrogen-bond donors (Lipinski definition) is 1. The van der Waals surface area contributed by atoms with Gasteiger partial charge in [0.1, 0.15) is 29.2 Å². The Hall–Kier alpha value is -3.53. The summed E-state index contributed by atoms with van der Waals surface area (Å²) < 4.78 is 38.9. The summed E-state index contributed by atoms with van der Waals surface area (Å²) in [6, 6.07) is 8.52. The van der Waals surface area contributed by atoms with Crippen LogP contribution in [0.3, 0.4) is 0 Å². The van der Waals surface area contributed by atoms with Crippen molar-refractivity contribution < 1.29 is 32.6 Å². The molecule has 2 atom stereocenters. The number of carbonyl (C=O) groups excluding carboxylic acids is 3. The van der Waals surface area contributed by atoms with Crippen molar-refractivity contribution in [3.05, 3.63) is 65.2 Å². The molecule has 2 saturated heterocycles. The van der Waals surface area contributed by atoms with Crippen LogP contribution in [0.15, 0.2) is 42.5 Å². The molecular formula is C27H31F2N3O5. The lowest BCUT2D eigenvalue weighted by molar-refractivity contribution is -0.128. The first-order valence-electron chi connectivity index (χ1n) is 12.4. The SMILES string of the molecule is CC[C@@H](C)NC(=O)[C@@H]1COC2(CCN(C(=O)c3ccc(F)cc3F)CC2)N1C(=O)c1ccc(OC)cc1. The first-order chi connectivity index (χ1) is 17.7. The lowest BCUT2D eigenvalue weighted by Crippen LogP contribution is -2.60. The van der Waals surface area contributed by atoms with E-state index in [0.29, 0.717) is 17.4 Å². The number of hydrogen-bond acceptors (Lipinski definition) is 5. The molecule has 1 N–H and O–H groups in total. The molecule has 0 saturated carbocycles. The summed E-state index contributed by atoms with van der Waals surface area (Å²) in [6.07, 6.45) is 1.20. The van der Waals surface area contributed by atoms with E-state index < -0.39 is 29.3 Å². The molecule has 8 nitrogen and oxygen atoms in total. The van der Waals surface area contributed by atoms with Gasteiger partial charge in [-0.3, -0.25) is 19.3 Å². The zero-order valence-electron chi connectivity index (χ0n) is 21.1. The number of halogens is 2. The molecule has 3 amide bonds. The second kappa shape index (κ2) is 10.8. The number of carbonyl (C=O) groups is 3. The van der Waals surface area contributed by atoms with Gasteiger partial charge in [0.15, 0.2) is 0 Å². The van der Waals surface area contributed by atoms with Gasteiger partial charge < -0.3 is 19.7 Å². The van der Waals surface area contributed by atoms with E-state index in [1.54, 1.807) is 24.3 Å². The van der Waals surface area contributed by atoms with Gasteiger partial charge in [0.25, 0.3) is 11.8 Å². The molecule has 2 heterocycles. The van der Waals surface area contributed by atoms with E-state index in [2.05, 4.69) is 5.32 Å². The fraction of sp³-hybridized carbons (Fsp3) is 0.444. The van der Waals surface area contributed by atoms with Crippen LogP contribution in [0.25, 0.3) is 0 Å². The lowest BCUT2D eigenvalue weighted by Gasteiger charge is -2.44. The lowest BCUT2D eigenvalue weighted by atomic mass is 9.96. The number of nitrogens with one attached hydrogen (secondary N) is 1. The van der Waals surface area contributed by atoms with Crippen molar-refractivity contribution in [1.29, 1.82) is 0 Å². The minimum Gasteiger partial charge on any atom is -0.497 e. The third-order valence-corrected chi connectivity index (χ3v) is 7.11. The van der Waals surface area contributed by atoms with Crippen LogP contribution >= 0.6 is 0 Å². The Morgan fingerprint density at radius 3 is 2.38 bits per heavy atom. The fourth-order valence-corrected chi connectivity index (χ4v) is 4.77. The van der Waals surface area contributed by atoms with Crippen LogP contribution in [0.1, 0.15) is 53.8 Å². The Morgan fingerprint density at radius 1 is 1.11 bits per heavy atom. The number of benzene rings is 2. The molecule has 198 valence electrons. The molecule has 2 aliphatic heterocycles. The maximum Gasteiger partial charge on any atom is 0.256 e. The monoisotopic (exact) mass is 515 g/mol. The van der Waals surface area contributed by atoms with Gasteiger partial charge in [-0.1, -0.05) is 6.92 Å². The first-order valence-corrected chi connectivity index (χ1v) is 12.4. The van der Waals surface area contributed by atoms with Gasteiger partial charge in [0.2, 0.25) is 5.91 Å². The Morgan fingerprint density at radius 2 is 1.78 bits per heavy atom. The zero-order chi connectivity index (χ0) is 26.7. The van der Waals surface area contributed by atoms with Crippen molar-refractivity contribution in [3.8, 4) is 5.75 Å². The summed E-state index contributed by atoms with van der Waals surface area (Å²) in [5, 5.41) is 2.94. The number of amides is 3. The fourth-order valence-electron chi connectivity index (χ4n) is 4.77. The molecule has 1 spiro atoms. The van der Waals surface area contributed by atoms with Crippen LogP contribution in [-0.2, 0) is 9.53 Å². The number of piperidine rings is 1. The molecule has 2 aromatic carbocycles. The van der Waals surface area contributed by atoms with E-state index in [0.717, 1.165) is 18.6 Å². The zero-order valence-corrected chi connectivity index (χ0v) is 21.1. The molecular weight excluding hydrogens is 484 g/mol. The van der Waals surface area contributed by atoms with Crippen LogP contribution in [0.2, 0.25) is 0 Å². The molecule has 10 heteroatoms. The summed E-state index contributed by atoms with van der Waals surface area (Å²) in [7, 11) is 1.53. The average molecular weight is 516 g/mol. The van der Waals surface area contributed by atoms with Gasteiger partial charge in [0.05, 0.1) is 19.3 Å². The van der Waals surface area contributed by atoms with E-state index in [1.807, 2.05) is 13.8 Å². The summed E-state index contributed by atoms with van der Waals surface area (Å²) in [6.45, 7) is 4.19. The molecule has 2 fully saturated rings. The number of methoxy groups -OCH3 is 1. The van der Waals surface area contributed by atoms with E-state index in [9.17, 15) is 23.2 Å². The van der Waals surface area contributed by atoms with Crippen LogP contribution in [0, 0.1) is 11.6 Å². The van der Waals surface area contributed by atoms with Gasteiger partial charge in [-0.25, -0.2) is 8.78 Å². The molecule has 4 rings (SSSR count). The van der Waals surface area contributed by atoms with E-state index in [-0.39, 0.29) is 56.0 Å². The van der Waals surface area contributed by atoms with Gasteiger partial charge in [-0.15, -0.1) is 0 Å². The molecule has 2 aromatic rings. The van der Waals surface area contributed by atoms with E-state index >= 15 is 0 Å². The smallest absolute Gasteiger partial charge is 0.256 e. The molecule has 0 aromatic heterocycles. The van der Waals surface area contributed by atoms with Gasteiger partial charge in [0, 0.05) is 43.6 Å². The molecule has 37 heavy (non-hydrogen) atoms. The summed E-state index contributed by atoms with van der Waals surface area (Å²) in [5.74, 6) is -2.34. The van der Waals surface area contributed by atoms with Crippen molar-refractivity contribution in [2.75, 3.05) is 26.8 Å². The van der Waals surface area contributed by atoms with Crippen molar-refractivity contribution in [3.63, 3.8) is 0 Å². The number of nitrogens with zero attached hydrogens (tertiary/aromatic N) is 2. The maximum absolute atomic E-state index is 14.2. The van der Waals surface area contributed by atoms with Crippen molar-refractivity contribution in [2.45, 2.75) is 50.9 Å². The Bertz CT molecular complexity index is 1170. The molecule has 0 unspecified atom stereocenters. The number of rotatable bonds is 6. The highest BCUT2D eigenvalue weighted by Gasteiger charge is 2.54. The van der Waals surface area contributed by atoms with Crippen molar-refractivity contribution in [2.24, 2.45) is 0 Å². The Balaban J connectivity index is 1.58. The summed E-state index contributed by atoms with van der Waals surface area (Å²) in [5.41, 5.74) is -0.951. The topological polar surface area (TPSA) is 88.2 Å². The van der Waals surface area contributed by atoms with E-state index in [4.69, 9.17) is 9.47 Å². The highest BCUT2D eigenvalue weighted by molar-refractivity contribution is 5.99. The van der Waals surface area contributed by atoms with Gasteiger partial charge in [-0.2, -0.15) is 0 Å². The van der Waals surface area contributed by atoms with E-state index in [1.165, 1.54) is 16.9 Å². The van der Waals surface area contributed by atoms with Crippen molar-refractivity contribution in [1.82, 2.24) is 15.1 Å². The molecule has 2 aliphatic rings. The standard InChI is InChI=1S/C27H31F2N3O5/c1-4-17(2)30-24(33)23-16-37-27(32(23)25(34)18-5-8-20(36-3)9-6-18)11-13-31(14-12-27)26(35)21-10-7-19(28)15-22(21)29/h5-10,15,17,23H,4,11-14,16H2,1-3H3,(H,30,33)/t17-,23+/m1/s1.